The summed E-state index contributed by atoms with van der Waals surface area (Å²) in [4.78, 5) is 17.3. The van der Waals surface area contributed by atoms with Crippen molar-refractivity contribution in [3.63, 3.8) is 0 Å². The van der Waals surface area contributed by atoms with E-state index in [4.69, 9.17) is 5.73 Å². The number of hydrogen-bond acceptors (Lipinski definition) is 3. The minimum Gasteiger partial charge on any atom is -0.340 e. The lowest BCUT2D eigenvalue weighted by Crippen LogP contribution is -2.53. The normalized spacial score (nSPS) is 22.9. The van der Waals surface area contributed by atoms with Crippen molar-refractivity contribution in [3.05, 3.63) is 34.3 Å². The van der Waals surface area contributed by atoms with Gasteiger partial charge in [-0.3, -0.25) is 9.69 Å². The third kappa shape index (κ3) is 4.44. The van der Waals surface area contributed by atoms with Crippen molar-refractivity contribution in [1.29, 1.82) is 0 Å². The summed E-state index contributed by atoms with van der Waals surface area (Å²) in [5, 5.41) is 0. The average Bonchev–Trinajstić information content (AvgIpc) is 3.23. The van der Waals surface area contributed by atoms with Crippen LogP contribution in [0.15, 0.2) is 28.7 Å². The van der Waals surface area contributed by atoms with Gasteiger partial charge in [0.2, 0.25) is 5.91 Å². The molecule has 0 radical (unpaired) electrons. The molecule has 7 heteroatoms. The van der Waals surface area contributed by atoms with E-state index in [1.54, 1.807) is 0 Å². The van der Waals surface area contributed by atoms with Gasteiger partial charge in [0.05, 0.1) is 0 Å². The molecule has 3 rings (SSSR count). The second-order valence-electron chi connectivity index (χ2n) is 6.79. The highest BCUT2D eigenvalue weighted by Crippen LogP contribution is 2.32. The number of amides is 1. The molecule has 2 aliphatic rings. The van der Waals surface area contributed by atoms with Crippen molar-refractivity contribution in [2.24, 2.45) is 5.73 Å². The number of halogens is 3. The first-order chi connectivity index (χ1) is 10.4. The molecule has 1 saturated carbocycles. The van der Waals surface area contributed by atoms with Gasteiger partial charge in [0.25, 0.3) is 0 Å². The monoisotopic (exact) mass is 437 g/mol. The topological polar surface area (TPSA) is 49.6 Å². The third-order valence-corrected chi connectivity index (χ3v) is 5.54. The van der Waals surface area contributed by atoms with Gasteiger partial charge in [0, 0.05) is 36.7 Å². The number of rotatable bonds is 4. The lowest BCUT2D eigenvalue weighted by atomic mass is 9.91. The van der Waals surface area contributed by atoms with Gasteiger partial charge in [-0.15, -0.1) is 24.8 Å². The molecule has 0 bridgehead atoms. The maximum atomic E-state index is 12.9. The Morgan fingerprint density at radius 3 is 2.38 bits per heavy atom. The molecule has 1 aliphatic heterocycles. The van der Waals surface area contributed by atoms with Crippen molar-refractivity contribution in [3.8, 4) is 0 Å². The first kappa shape index (κ1) is 21.7. The van der Waals surface area contributed by atoms with E-state index in [9.17, 15) is 4.79 Å². The van der Waals surface area contributed by atoms with E-state index in [0.717, 1.165) is 35.6 Å². The first-order valence-corrected chi connectivity index (χ1v) is 8.75. The fourth-order valence-corrected chi connectivity index (χ4v) is 3.57. The predicted octanol–water partition coefficient (Wildman–Crippen LogP) is 3.16. The van der Waals surface area contributed by atoms with Crippen LogP contribution in [0, 0.1) is 0 Å². The molecule has 2 N–H and O–H groups in total. The number of nitrogens with zero attached hydrogens (tertiary/aromatic N) is 2. The minimum absolute atomic E-state index is 0. The van der Waals surface area contributed by atoms with Gasteiger partial charge in [-0.25, -0.2) is 0 Å². The molecule has 2 fully saturated rings. The molecule has 1 aromatic carbocycles. The second kappa shape index (κ2) is 8.37. The summed E-state index contributed by atoms with van der Waals surface area (Å²) in [7, 11) is 1.90. The highest BCUT2D eigenvalue weighted by atomic mass is 79.9. The van der Waals surface area contributed by atoms with Gasteiger partial charge < -0.3 is 10.6 Å². The van der Waals surface area contributed by atoms with Crippen LogP contribution in [-0.2, 0) is 10.3 Å². The molecule has 2 unspecified atom stereocenters. The Bertz CT molecular complexity index is 563. The zero-order chi connectivity index (χ0) is 15.9. The van der Waals surface area contributed by atoms with Crippen molar-refractivity contribution in [2.75, 3.05) is 20.1 Å². The average molecular weight is 439 g/mol. The molecule has 0 spiro atoms. The van der Waals surface area contributed by atoms with Crippen LogP contribution in [0.5, 0.6) is 0 Å². The molecule has 1 heterocycles. The predicted molar refractivity (Wildman–Crippen MR) is 106 cm³/mol. The second-order valence-corrected chi connectivity index (χ2v) is 7.71. The number of likely N-dealkylation sites (tertiary alicyclic amines) is 1. The summed E-state index contributed by atoms with van der Waals surface area (Å²) in [5.41, 5.74) is 6.25. The largest absolute Gasteiger partial charge is 0.340 e. The van der Waals surface area contributed by atoms with Gasteiger partial charge in [0.15, 0.2) is 0 Å². The molecule has 136 valence electrons. The first-order valence-electron chi connectivity index (χ1n) is 7.96. The molecule has 0 aromatic heterocycles. The van der Waals surface area contributed by atoms with Crippen molar-refractivity contribution >= 4 is 46.7 Å². The number of nitrogens with two attached hydrogens (primary N) is 1. The number of carbonyl (C=O) groups is 1. The van der Waals surface area contributed by atoms with E-state index in [0.29, 0.717) is 0 Å². The Hall–Kier alpha value is -0.330. The number of hydrogen-bond donors (Lipinski definition) is 1. The zero-order valence-electron chi connectivity index (χ0n) is 14.1. The van der Waals surface area contributed by atoms with Crippen LogP contribution in [0.1, 0.15) is 31.7 Å². The number of likely N-dealkylation sites (N-methyl/N-ethyl adjacent to an activating group) is 1. The number of carbonyl (C=O) groups excluding carboxylic acids is 1. The van der Waals surface area contributed by atoms with Crippen LogP contribution in [0.25, 0.3) is 0 Å². The SMILES string of the molecule is CN(C(=O)C(C)(N)c1ccc(Br)cc1)C1CCN(C2CC2)C1.Cl.Cl. The van der Waals surface area contributed by atoms with E-state index in [-0.39, 0.29) is 36.8 Å². The van der Waals surface area contributed by atoms with E-state index < -0.39 is 5.54 Å². The molecular formula is C17H26BrCl2N3O. The molecule has 4 nitrogen and oxygen atoms in total. The fourth-order valence-electron chi connectivity index (χ4n) is 3.31. The minimum atomic E-state index is -0.984. The van der Waals surface area contributed by atoms with Gasteiger partial charge in [-0.1, -0.05) is 28.1 Å². The molecule has 1 aromatic rings. The van der Waals surface area contributed by atoms with Crippen molar-refractivity contribution < 1.29 is 4.79 Å². The van der Waals surface area contributed by atoms with Crippen LogP contribution in [-0.4, -0.2) is 47.9 Å². The summed E-state index contributed by atoms with van der Waals surface area (Å²) in [5.74, 6) is -0.00234. The van der Waals surface area contributed by atoms with E-state index in [1.165, 1.54) is 12.8 Å². The van der Waals surface area contributed by atoms with Gasteiger partial charge in [-0.2, -0.15) is 0 Å². The highest BCUT2D eigenvalue weighted by Gasteiger charge is 2.40. The Labute approximate surface area is 165 Å². The van der Waals surface area contributed by atoms with Gasteiger partial charge in [-0.05, 0) is 43.9 Å². The molecule has 1 amide bonds. The van der Waals surface area contributed by atoms with Gasteiger partial charge in [0.1, 0.15) is 5.54 Å². The molecule has 2 atom stereocenters. The summed E-state index contributed by atoms with van der Waals surface area (Å²) in [6, 6.07) is 8.74. The van der Waals surface area contributed by atoms with E-state index >= 15 is 0 Å². The van der Waals surface area contributed by atoms with Crippen LogP contribution in [0.3, 0.4) is 0 Å². The van der Waals surface area contributed by atoms with Crippen molar-refractivity contribution in [2.45, 2.75) is 43.8 Å². The van der Waals surface area contributed by atoms with Crippen LogP contribution >= 0.6 is 40.7 Å². The lowest BCUT2D eigenvalue weighted by Gasteiger charge is -2.33. The van der Waals surface area contributed by atoms with E-state index in [2.05, 4.69) is 20.8 Å². The quantitative estimate of drug-likeness (QED) is 0.785. The summed E-state index contributed by atoms with van der Waals surface area (Å²) < 4.78 is 0.990. The molecule has 1 aliphatic carbocycles. The highest BCUT2D eigenvalue weighted by molar-refractivity contribution is 9.10. The number of benzene rings is 1. The van der Waals surface area contributed by atoms with Gasteiger partial charge >= 0.3 is 0 Å². The van der Waals surface area contributed by atoms with E-state index in [1.807, 2.05) is 43.1 Å². The molecule has 1 saturated heterocycles. The Morgan fingerprint density at radius 1 is 1.25 bits per heavy atom. The Kier molecular flexibility index (Phi) is 7.57. The fraction of sp³-hybridized carbons (Fsp3) is 0.588. The lowest BCUT2D eigenvalue weighted by molar-refractivity contribution is -0.137. The molecule has 24 heavy (non-hydrogen) atoms. The summed E-state index contributed by atoms with van der Waals surface area (Å²) in [6.45, 7) is 3.90. The third-order valence-electron chi connectivity index (χ3n) is 5.01. The Balaban J connectivity index is 0.00000144. The molecular weight excluding hydrogens is 413 g/mol. The maximum absolute atomic E-state index is 12.9. The zero-order valence-corrected chi connectivity index (χ0v) is 17.3. The van der Waals surface area contributed by atoms with Crippen LogP contribution < -0.4 is 5.73 Å². The Morgan fingerprint density at radius 2 is 1.83 bits per heavy atom. The summed E-state index contributed by atoms with van der Waals surface area (Å²) >= 11 is 3.42. The maximum Gasteiger partial charge on any atom is 0.247 e. The van der Waals surface area contributed by atoms with Crippen molar-refractivity contribution in [1.82, 2.24) is 9.80 Å². The standard InChI is InChI=1S/C17H24BrN3O.2ClH/c1-17(19,12-3-5-13(18)6-4-12)16(22)20(2)15-9-10-21(11-15)14-7-8-14;;/h3-6,14-15H,7-11,19H2,1-2H3;2*1H. The smallest absolute Gasteiger partial charge is 0.247 e. The summed E-state index contributed by atoms with van der Waals surface area (Å²) in [6.07, 6.45) is 3.69. The van der Waals surface area contributed by atoms with Crippen LogP contribution in [0.4, 0.5) is 0 Å². The van der Waals surface area contributed by atoms with Crippen LogP contribution in [0.2, 0.25) is 0 Å².